The lowest BCUT2D eigenvalue weighted by atomic mass is 9.88. The molecule has 2 N–H and O–H groups in total. The Morgan fingerprint density at radius 2 is 2.04 bits per heavy atom. The fraction of sp³-hybridized carbons (Fsp3) is 0.286. The molecule has 1 aliphatic carbocycles. The molecule has 0 saturated heterocycles. The van der Waals surface area contributed by atoms with Crippen LogP contribution in [0.1, 0.15) is 46.1 Å². The molecule has 2 atom stereocenters. The number of anilines is 1. The number of rotatable bonds is 2. The number of halogens is 2. The van der Waals surface area contributed by atoms with E-state index in [1.165, 1.54) is 10.4 Å². The van der Waals surface area contributed by atoms with Crippen LogP contribution in [-0.4, -0.2) is 5.91 Å². The SMILES string of the molecule is C[C@H]1CCc2c(sc3c2C(=O)N[C@H](c2ccc(-c4ccc(Cl)cc4Cl)o2)N3)C1. The maximum absolute atomic E-state index is 12.8. The van der Waals surface area contributed by atoms with Gasteiger partial charge in [-0.05, 0) is 61.1 Å². The van der Waals surface area contributed by atoms with Crippen LogP contribution in [0, 0.1) is 5.92 Å². The van der Waals surface area contributed by atoms with Crippen molar-refractivity contribution in [1.82, 2.24) is 5.32 Å². The number of amides is 1. The van der Waals surface area contributed by atoms with E-state index in [1.54, 1.807) is 23.5 Å². The highest BCUT2D eigenvalue weighted by atomic mass is 35.5. The zero-order valence-electron chi connectivity index (χ0n) is 15.1. The lowest BCUT2D eigenvalue weighted by molar-refractivity contribution is 0.0930. The third-order valence-corrected chi connectivity index (χ3v) is 7.13. The van der Waals surface area contributed by atoms with Gasteiger partial charge in [-0.3, -0.25) is 4.79 Å². The first kappa shape index (κ1) is 18.1. The van der Waals surface area contributed by atoms with E-state index in [0.717, 1.165) is 35.4 Å². The summed E-state index contributed by atoms with van der Waals surface area (Å²) in [4.78, 5) is 14.2. The highest BCUT2D eigenvalue weighted by molar-refractivity contribution is 7.16. The number of carbonyl (C=O) groups is 1. The van der Waals surface area contributed by atoms with Gasteiger partial charge in [0.1, 0.15) is 16.5 Å². The average Bonchev–Trinajstić information content (AvgIpc) is 3.25. The minimum atomic E-state index is -0.405. The van der Waals surface area contributed by atoms with Crippen LogP contribution in [0.25, 0.3) is 11.3 Å². The molecule has 1 amide bonds. The average molecular weight is 433 g/mol. The standard InChI is InChI=1S/C21H18Cl2N2O2S/c1-10-2-4-13-17(8-10)28-21-18(13)20(26)24-19(25-21)16-7-6-15(27-16)12-5-3-11(22)9-14(12)23/h3,5-7,9-10,19,25H,2,4,8H2,1H3,(H,24,26)/t10-,19-/m0/s1. The van der Waals surface area contributed by atoms with Crippen molar-refractivity contribution >= 4 is 45.4 Å². The summed E-state index contributed by atoms with van der Waals surface area (Å²) in [6.45, 7) is 2.27. The first-order chi connectivity index (χ1) is 13.5. The van der Waals surface area contributed by atoms with E-state index in [-0.39, 0.29) is 5.91 Å². The summed E-state index contributed by atoms with van der Waals surface area (Å²) in [5.41, 5.74) is 2.80. The maximum Gasteiger partial charge on any atom is 0.256 e. The van der Waals surface area contributed by atoms with Crippen molar-refractivity contribution in [3.8, 4) is 11.3 Å². The molecular formula is C21H18Cl2N2O2S. The van der Waals surface area contributed by atoms with E-state index in [1.807, 2.05) is 18.2 Å². The van der Waals surface area contributed by atoms with Gasteiger partial charge in [0.25, 0.3) is 5.91 Å². The summed E-state index contributed by atoms with van der Waals surface area (Å²) in [5.74, 6) is 1.91. The van der Waals surface area contributed by atoms with Gasteiger partial charge in [-0.1, -0.05) is 30.1 Å². The molecule has 28 heavy (non-hydrogen) atoms. The Balaban J connectivity index is 1.45. The second-order valence-electron chi connectivity index (χ2n) is 7.43. The van der Waals surface area contributed by atoms with E-state index >= 15 is 0 Å². The van der Waals surface area contributed by atoms with Crippen molar-refractivity contribution in [2.75, 3.05) is 5.32 Å². The predicted octanol–water partition coefficient (Wildman–Crippen LogP) is 6.29. The summed E-state index contributed by atoms with van der Waals surface area (Å²) in [7, 11) is 0. The number of fused-ring (bicyclic) bond motifs is 3. The second kappa shape index (κ2) is 6.83. The largest absolute Gasteiger partial charge is 0.457 e. The van der Waals surface area contributed by atoms with Crippen molar-refractivity contribution in [1.29, 1.82) is 0 Å². The number of thiophene rings is 1. The smallest absolute Gasteiger partial charge is 0.256 e. The van der Waals surface area contributed by atoms with E-state index in [2.05, 4.69) is 17.6 Å². The number of benzene rings is 1. The van der Waals surface area contributed by atoms with Gasteiger partial charge < -0.3 is 15.1 Å². The van der Waals surface area contributed by atoms with Crippen LogP contribution in [0.2, 0.25) is 10.0 Å². The van der Waals surface area contributed by atoms with Crippen molar-refractivity contribution < 1.29 is 9.21 Å². The molecule has 0 saturated carbocycles. The van der Waals surface area contributed by atoms with E-state index in [0.29, 0.717) is 27.5 Å². The highest BCUT2D eigenvalue weighted by Crippen LogP contribution is 2.43. The van der Waals surface area contributed by atoms with Crippen LogP contribution in [0.4, 0.5) is 5.00 Å². The fourth-order valence-corrected chi connectivity index (χ4v) is 5.89. The first-order valence-corrected chi connectivity index (χ1v) is 10.8. The fourth-order valence-electron chi connectivity index (χ4n) is 3.95. The molecule has 3 heterocycles. The molecule has 0 unspecified atom stereocenters. The van der Waals surface area contributed by atoms with Crippen LogP contribution < -0.4 is 10.6 Å². The number of furan rings is 1. The predicted molar refractivity (Wildman–Crippen MR) is 114 cm³/mol. The zero-order chi connectivity index (χ0) is 19.4. The van der Waals surface area contributed by atoms with Crippen LogP contribution >= 0.6 is 34.5 Å². The molecular weight excluding hydrogens is 415 g/mol. The summed E-state index contributed by atoms with van der Waals surface area (Å²) in [6.07, 6.45) is 2.75. The van der Waals surface area contributed by atoms with Crippen LogP contribution in [-0.2, 0) is 12.8 Å². The lowest BCUT2D eigenvalue weighted by Gasteiger charge is -2.25. The minimum Gasteiger partial charge on any atom is -0.457 e. The number of carbonyl (C=O) groups excluding carboxylic acids is 1. The Morgan fingerprint density at radius 1 is 1.18 bits per heavy atom. The van der Waals surface area contributed by atoms with Gasteiger partial charge in [-0.15, -0.1) is 11.3 Å². The molecule has 2 aromatic heterocycles. The maximum atomic E-state index is 12.8. The normalized spacial score (nSPS) is 20.9. The first-order valence-electron chi connectivity index (χ1n) is 9.26. The van der Waals surface area contributed by atoms with E-state index < -0.39 is 6.17 Å². The molecule has 0 bridgehead atoms. The molecule has 0 spiro atoms. The molecule has 1 aromatic carbocycles. The molecule has 144 valence electrons. The number of hydrogen-bond donors (Lipinski definition) is 2. The van der Waals surface area contributed by atoms with Gasteiger partial charge in [0.05, 0.1) is 10.6 Å². The van der Waals surface area contributed by atoms with Crippen molar-refractivity contribution in [3.05, 3.63) is 62.1 Å². The van der Waals surface area contributed by atoms with Crippen molar-refractivity contribution in [2.45, 2.75) is 32.4 Å². The lowest BCUT2D eigenvalue weighted by Crippen LogP contribution is -2.38. The third kappa shape index (κ3) is 3.02. The Morgan fingerprint density at radius 3 is 2.86 bits per heavy atom. The van der Waals surface area contributed by atoms with Crippen molar-refractivity contribution in [3.63, 3.8) is 0 Å². The summed E-state index contributed by atoms with van der Waals surface area (Å²) in [5, 5.41) is 8.52. The van der Waals surface area contributed by atoms with Crippen LogP contribution in [0.15, 0.2) is 34.7 Å². The summed E-state index contributed by atoms with van der Waals surface area (Å²) in [6, 6.07) is 9.00. The second-order valence-corrected chi connectivity index (χ2v) is 9.38. The molecule has 4 nitrogen and oxygen atoms in total. The van der Waals surface area contributed by atoms with Gasteiger partial charge in [0.2, 0.25) is 0 Å². The summed E-state index contributed by atoms with van der Waals surface area (Å²) >= 11 is 14.0. The molecule has 5 rings (SSSR count). The summed E-state index contributed by atoms with van der Waals surface area (Å²) < 4.78 is 6.01. The molecule has 0 fully saturated rings. The quantitative estimate of drug-likeness (QED) is 0.499. The van der Waals surface area contributed by atoms with Gasteiger partial charge in [0.15, 0.2) is 6.17 Å². The van der Waals surface area contributed by atoms with Crippen LogP contribution in [0.3, 0.4) is 0 Å². The number of nitrogens with one attached hydrogen (secondary N) is 2. The Bertz CT molecular complexity index is 1090. The van der Waals surface area contributed by atoms with Gasteiger partial charge >= 0.3 is 0 Å². The topological polar surface area (TPSA) is 54.3 Å². The van der Waals surface area contributed by atoms with Crippen LogP contribution in [0.5, 0.6) is 0 Å². The van der Waals surface area contributed by atoms with E-state index in [4.69, 9.17) is 27.6 Å². The zero-order valence-corrected chi connectivity index (χ0v) is 17.5. The van der Waals surface area contributed by atoms with E-state index in [9.17, 15) is 4.79 Å². The van der Waals surface area contributed by atoms with Crippen molar-refractivity contribution in [2.24, 2.45) is 5.92 Å². The van der Waals surface area contributed by atoms with Gasteiger partial charge in [-0.2, -0.15) is 0 Å². The molecule has 0 radical (unpaired) electrons. The van der Waals surface area contributed by atoms with Gasteiger partial charge in [-0.25, -0.2) is 0 Å². The minimum absolute atomic E-state index is 0.0340. The monoisotopic (exact) mass is 432 g/mol. The molecule has 3 aromatic rings. The highest BCUT2D eigenvalue weighted by Gasteiger charge is 2.34. The Hall–Kier alpha value is -1.95. The molecule has 7 heteroatoms. The molecule has 2 aliphatic rings. The third-order valence-electron chi connectivity index (χ3n) is 5.40. The van der Waals surface area contributed by atoms with Gasteiger partial charge in [0, 0.05) is 15.5 Å². The molecule has 1 aliphatic heterocycles. The number of hydrogen-bond acceptors (Lipinski definition) is 4. The Labute approximate surface area is 176 Å². The Kier molecular flexibility index (Phi) is 4.42.